The lowest BCUT2D eigenvalue weighted by molar-refractivity contribution is -0.139. The first-order valence-electron chi connectivity index (χ1n) is 12.9. The second-order valence-corrected chi connectivity index (χ2v) is 10.4. The Bertz CT molecular complexity index is 1840. The van der Waals surface area contributed by atoms with Gasteiger partial charge in [0.25, 0.3) is 5.56 Å². The fourth-order valence-corrected chi connectivity index (χ4v) is 6.14. The third-order valence-electron chi connectivity index (χ3n) is 6.91. The van der Waals surface area contributed by atoms with Crippen molar-refractivity contribution < 1.29 is 19.1 Å². The maximum Gasteiger partial charge on any atom is 0.338 e. The van der Waals surface area contributed by atoms with Crippen molar-refractivity contribution in [3.05, 3.63) is 120 Å². The molecule has 0 saturated heterocycles. The maximum atomic E-state index is 13.9. The van der Waals surface area contributed by atoms with E-state index in [9.17, 15) is 14.4 Å². The van der Waals surface area contributed by atoms with Crippen LogP contribution in [-0.4, -0.2) is 34.8 Å². The van der Waals surface area contributed by atoms with E-state index in [0.717, 1.165) is 28.2 Å². The fourth-order valence-electron chi connectivity index (χ4n) is 5.10. The average molecular weight is 556 g/mol. The lowest BCUT2D eigenvalue weighted by Crippen LogP contribution is -2.39. The van der Waals surface area contributed by atoms with Gasteiger partial charge in [-0.15, -0.1) is 0 Å². The van der Waals surface area contributed by atoms with Crippen molar-refractivity contribution in [2.45, 2.75) is 33.7 Å². The molecule has 0 bridgehead atoms. The predicted octanol–water partition coefficient (Wildman–Crippen LogP) is 3.99. The number of carbonyl (C=O) groups is 2. The van der Waals surface area contributed by atoms with Crippen molar-refractivity contribution in [3.8, 4) is 5.69 Å². The zero-order chi connectivity index (χ0) is 28.6. The van der Waals surface area contributed by atoms with E-state index >= 15 is 0 Å². The molecule has 0 amide bonds. The minimum absolute atomic E-state index is 0.222. The van der Waals surface area contributed by atoms with Crippen LogP contribution < -0.4 is 14.9 Å². The van der Waals surface area contributed by atoms with Crippen molar-refractivity contribution in [2.75, 3.05) is 13.7 Å². The van der Waals surface area contributed by atoms with E-state index in [1.807, 2.05) is 73.0 Å². The van der Waals surface area contributed by atoms with Gasteiger partial charge in [-0.3, -0.25) is 9.36 Å². The molecule has 204 valence electrons. The molecule has 3 heterocycles. The normalized spacial score (nSPS) is 15.0. The van der Waals surface area contributed by atoms with Gasteiger partial charge in [-0.25, -0.2) is 14.6 Å². The number of aromatic nitrogens is 2. The van der Waals surface area contributed by atoms with E-state index in [4.69, 9.17) is 9.47 Å². The summed E-state index contributed by atoms with van der Waals surface area (Å²) in [7, 11) is 1.36. The standard InChI is InChI=1S/C31H29N3O5S/c1-6-39-30(37)26-19(3)32-31-34(27(26)21-11-8-7-9-12-21)28(35)25(40-31)17-23-15-18(2)33(20(23)4)24-14-10-13-22(16-24)29(36)38-5/h7-17,27H,6H2,1-5H3/b25-17+/t27-/m0/s1. The smallest absolute Gasteiger partial charge is 0.338 e. The largest absolute Gasteiger partial charge is 0.465 e. The highest BCUT2D eigenvalue weighted by molar-refractivity contribution is 7.07. The SMILES string of the molecule is CCOC(=O)C1=C(C)N=c2s/c(=C/c3cc(C)n(-c4cccc(C(=O)OC)c4)c3C)c(=O)n2[C@H]1c1ccccc1. The zero-order valence-corrected chi connectivity index (χ0v) is 23.7. The number of carbonyl (C=O) groups excluding carboxylic acids is 2. The summed E-state index contributed by atoms with van der Waals surface area (Å²) in [4.78, 5) is 44.2. The lowest BCUT2D eigenvalue weighted by Gasteiger charge is -2.24. The first kappa shape index (κ1) is 27.1. The number of allylic oxidation sites excluding steroid dienone is 1. The topological polar surface area (TPSA) is 91.9 Å². The van der Waals surface area contributed by atoms with Gasteiger partial charge < -0.3 is 14.0 Å². The highest BCUT2D eigenvalue weighted by Crippen LogP contribution is 2.30. The number of thiazole rings is 1. The van der Waals surface area contributed by atoms with Gasteiger partial charge in [0.1, 0.15) is 0 Å². The molecule has 2 aromatic heterocycles. The molecule has 0 aliphatic carbocycles. The summed E-state index contributed by atoms with van der Waals surface area (Å²) in [6.07, 6.45) is 1.86. The number of aryl methyl sites for hydroxylation is 1. The number of benzene rings is 2. The van der Waals surface area contributed by atoms with Crippen LogP contribution in [0.3, 0.4) is 0 Å². The molecule has 2 aromatic carbocycles. The molecule has 0 N–H and O–H groups in total. The van der Waals surface area contributed by atoms with E-state index in [0.29, 0.717) is 26.2 Å². The number of hydrogen-bond donors (Lipinski definition) is 0. The molecule has 40 heavy (non-hydrogen) atoms. The second kappa shape index (κ2) is 10.9. The number of fused-ring (bicyclic) bond motifs is 1. The van der Waals surface area contributed by atoms with Gasteiger partial charge in [0.05, 0.1) is 41.1 Å². The summed E-state index contributed by atoms with van der Waals surface area (Å²) in [5.74, 6) is -0.888. The predicted molar refractivity (Wildman–Crippen MR) is 153 cm³/mol. The van der Waals surface area contributed by atoms with Crippen molar-refractivity contribution in [1.29, 1.82) is 0 Å². The van der Waals surface area contributed by atoms with Gasteiger partial charge in [0.15, 0.2) is 4.80 Å². The third kappa shape index (κ3) is 4.73. The zero-order valence-electron chi connectivity index (χ0n) is 22.9. The minimum Gasteiger partial charge on any atom is -0.465 e. The molecular formula is C31H29N3O5S. The number of rotatable bonds is 6. The van der Waals surface area contributed by atoms with E-state index in [-0.39, 0.29) is 12.2 Å². The summed E-state index contributed by atoms with van der Waals surface area (Å²) in [5.41, 5.74) is 5.45. The molecule has 1 aliphatic heterocycles. The van der Waals surface area contributed by atoms with Crippen LogP contribution in [0.1, 0.15) is 52.8 Å². The van der Waals surface area contributed by atoms with Crippen molar-refractivity contribution in [3.63, 3.8) is 0 Å². The summed E-state index contributed by atoms with van der Waals surface area (Å²) in [6.45, 7) is 7.69. The molecule has 1 aliphatic rings. The maximum absolute atomic E-state index is 13.9. The molecule has 0 unspecified atom stereocenters. The second-order valence-electron chi connectivity index (χ2n) is 9.42. The summed E-state index contributed by atoms with van der Waals surface area (Å²) in [5, 5.41) is 0. The van der Waals surface area contributed by atoms with Gasteiger partial charge in [-0.05, 0) is 69.2 Å². The molecule has 0 radical (unpaired) electrons. The van der Waals surface area contributed by atoms with Gasteiger partial charge in [0.2, 0.25) is 0 Å². The molecule has 9 heteroatoms. The summed E-state index contributed by atoms with van der Waals surface area (Å²) < 4.78 is 14.4. The summed E-state index contributed by atoms with van der Waals surface area (Å²) >= 11 is 1.29. The highest BCUT2D eigenvalue weighted by atomic mass is 32.1. The minimum atomic E-state index is -0.646. The van der Waals surface area contributed by atoms with Crippen LogP contribution in [0.5, 0.6) is 0 Å². The number of nitrogens with zero attached hydrogens (tertiary/aromatic N) is 3. The fraction of sp³-hybridized carbons (Fsp3) is 0.226. The lowest BCUT2D eigenvalue weighted by atomic mass is 9.96. The first-order valence-corrected chi connectivity index (χ1v) is 13.7. The van der Waals surface area contributed by atoms with Crippen LogP contribution in [0.15, 0.2) is 81.7 Å². The monoisotopic (exact) mass is 555 g/mol. The molecular weight excluding hydrogens is 526 g/mol. The van der Waals surface area contributed by atoms with Crippen LogP contribution in [-0.2, 0) is 14.3 Å². The molecule has 0 spiro atoms. The third-order valence-corrected chi connectivity index (χ3v) is 7.90. The van der Waals surface area contributed by atoms with Gasteiger partial charge in [0, 0.05) is 17.1 Å². The number of methoxy groups -OCH3 is 1. The van der Waals surface area contributed by atoms with Crippen LogP contribution >= 0.6 is 11.3 Å². The van der Waals surface area contributed by atoms with E-state index in [1.165, 1.54) is 18.4 Å². The number of esters is 2. The van der Waals surface area contributed by atoms with Crippen molar-refractivity contribution >= 4 is 29.4 Å². The number of hydrogen-bond acceptors (Lipinski definition) is 7. The van der Waals surface area contributed by atoms with E-state index in [1.54, 1.807) is 30.5 Å². The van der Waals surface area contributed by atoms with Gasteiger partial charge in [-0.1, -0.05) is 47.7 Å². The summed E-state index contributed by atoms with van der Waals surface area (Å²) in [6, 6.07) is 18.0. The molecule has 5 rings (SSSR count). The van der Waals surface area contributed by atoms with E-state index < -0.39 is 18.0 Å². The van der Waals surface area contributed by atoms with Crippen LogP contribution in [0.4, 0.5) is 0 Å². The average Bonchev–Trinajstić information content (AvgIpc) is 3.41. The Balaban J connectivity index is 1.66. The quantitative estimate of drug-likeness (QED) is 0.336. The Labute approximate surface area is 235 Å². The first-order chi connectivity index (χ1) is 19.2. The Morgan fingerprint density at radius 3 is 2.48 bits per heavy atom. The van der Waals surface area contributed by atoms with Crippen LogP contribution in [0.25, 0.3) is 11.8 Å². The van der Waals surface area contributed by atoms with E-state index in [2.05, 4.69) is 4.99 Å². The Morgan fingerprint density at radius 1 is 1.02 bits per heavy atom. The Hall–Kier alpha value is -4.50. The number of ether oxygens (including phenoxy) is 2. The van der Waals surface area contributed by atoms with Gasteiger partial charge >= 0.3 is 11.9 Å². The molecule has 0 saturated carbocycles. The van der Waals surface area contributed by atoms with Crippen molar-refractivity contribution in [2.24, 2.45) is 4.99 Å². The Kier molecular flexibility index (Phi) is 7.40. The molecule has 4 aromatic rings. The van der Waals surface area contributed by atoms with Crippen LogP contribution in [0.2, 0.25) is 0 Å². The van der Waals surface area contributed by atoms with Crippen molar-refractivity contribution in [1.82, 2.24) is 9.13 Å². The van der Waals surface area contributed by atoms with Crippen LogP contribution in [0, 0.1) is 13.8 Å². The van der Waals surface area contributed by atoms with Gasteiger partial charge in [-0.2, -0.15) is 0 Å². The molecule has 0 fully saturated rings. The highest BCUT2D eigenvalue weighted by Gasteiger charge is 2.33. The molecule has 1 atom stereocenters. The Morgan fingerprint density at radius 2 is 1.77 bits per heavy atom. The molecule has 8 nitrogen and oxygen atoms in total.